The van der Waals surface area contributed by atoms with Gasteiger partial charge in [0, 0.05) is 18.0 Å². The number of Topliss-reactive ketones (excluding diaryl/α,β-unsaturated/α-hetero) is 1. The van der Waals surface area contributed by atoms with Crippen LogP contribution in [0.3, 0.4) is 0 Å². The molecule has 5 nitrogen and oxygen atoms in total. The number of rotatable bonds is 2. The maximum atomic E-state index is 13.0. The molecule has 1 saturated carbocycles. The van der Waals surface area contributed by atoms with E-state index < -0.39 is 17.1 Å². The highest BCUT2D eigenvalue weighted by Gasteiger charge is 2.73. The molecule has 0 unspecified atom stereocenters. The first-order chi connectivity index (χ1) is 14.0. The highest BCUT2D eigenvalue weighted by Crippen LogP contribution is 2.65. The Morgan fingerprint density at radius 1 is 1.24 bits per heavy atom. The zero-order chi connectivity index (χ0) is 20.0. The summed E-state index contributed by atoms with van der Waals surface area (Å²) in [6.07, 6.45) is 1.71. The van der Waals surface area contributed by atoms with Gasteiger partial charge in [-0.25, -0.2) is 0 Å². The van der Waals surface area contributed by atoms with Crippen LogP contribution in [0.15, 0.2) is 36.4 Å². The van der Waals surface area contributed by atoms with Crippen molar-refractivity contribution in [2.45, 2.75) is 48.8 Å². The lowest BCUT2D eigenvalue weighted by Gasteiger charge is -2.62. The number of likely N-dealkylation sites (N-methyl/N-ethyl adjacent to an activating group) is 1. The van der Waals surface area contributed by atoms with Crippen molar-refractivity contribution in [1.82, 2.24) is 4.90 Å². The molecule has 1 saturated heterocycles. The molecule has 0 radical (unpaired) electrons. The average Bonchev–Trinajstić information content (AvgIpc) is 3.09. The van der Waals surface area contributed by atoms with Gasteiger partial charge in [0.05, 0.1) is 18.1 Å². The van der Waals surface area contributed by atoms with Crippen molar-refractivity contribution in [1.29, 1.82) is 0 Å². The van der Waals surface area contributed by atoms with Crippen molar-refractivity contribution >= 4 is 5.78 Å². The molecular weight excluding hydrogens is 366 g/mol. The summed E-state index contributed by atoms with van der Waals surface area (Å²) in [5, 5.41) is 12.1. The van der Waals surface area contributed by atoms with Gasteiger partial charge in [0.2, 0.25) is 0 Å². The van der Waals surface area contributed by atoms with Gasteiger partial charge in [-0.2, -0.15) is 0 Å². The molecule has 29 heavy (non-hydrogen) atoms. The van der Waals surface area contributed by atoms with Crippen LogP contribution in [0.25, 0.3) is 11.1 Å². The number of ether oxygens (including phenoxy) is 2. The highest BCUT2D eigenvalue weighted by molar-refractivity contribution is 5.91. The molecule has 1 N–H and O–H groups in total. The minimum atomic E-state index is -0.961. The second-order valence-electron chi connectivity index (χ2n) is 8.99. The molecule has 2 aromatic carbocycles. The number of benzene rings is 2. The maximum absolute atomic E-state index is 13.0. The molecule has 2 bridgehead atoms. The van der Waals surface area contributed by atoms with E-state index in [0.717, 1.165) is 29.7 Å². The van der Waals surface area contributed by atoms with E-state index in [2.05, 4.69) is 24.1 Å². The van der Waals surface area contributed by atoms with E-state index in [1.807, 2.05) is 24.3 Å². The van der Waals surface area contributed by atoms with Crippen LogP contribution in [0, 0.1) is 0 Å². The molecule has 150 valence electrons. The van der Waals surface area contributed by atoms with Crippen LogP contribution >= 0.6 is 0 Å². The van der Waals surface area contributed by atoms with E-state index in [-0.39, 0.29) is 11.8 Å². The second kappa shape index (κ2) is 5.61. The molecule has 2 fully saturated rings. The van der Waals surface area contributed by atoms with Crippen molar-refractivity contribution in [3.8, 4) is 22.6 Å². The van der Waals surface area contributed by atoms with Crippen LogP contribution in [0.5, 0.6) is 11.5 Å². The molecule has 0 amide bonds. The third-order valence-electron chi connectivity index (χ3n) is 7.94. The number of nitrogens with zero attached hydrogens (tertiary/aromatic N) is 1. The van der Waals surface area contributed by atoms with Crippen LogP contribution in [-0.2, 0) is 16.6 Å². The van der Waals surface area contributed by atoms with Gasteiger partial charge in [0.15, 0.2) is 23.4 Å². The third-order valence-corrected chi connectivity index (χ3v) is 7.94. The first-order valence-corrected chi connectivity index (χ1v) is 10.4. The van der Waals surface area contributed by atoms with E-state index in [1.165, 1.54) is 5.56 Å². The Kier molecular flexibility index (Phi) is 3.38. The number of carbonyl (C=O) groups excluding carboxylic acids is 1. The van der Waals surface area contributed by atoms with E-state index in [4.69, 9.17) is 9.47 Å². The maximum Gasteiger partial charge on any atom is 0.174 e. The van der Waals surface area contributed by atoms with Crippen molar-refractivity contribution < 1.29 is 19.4 Å². The Bertz CT molecular complexity index is 1030. The SMILES string of the molecule is COc1cc(-c2ccccc2)c2c3c1O[C@H]1C(=O)CC[C@@]4(O)[C@@H](C2)N(C)CC[C@]314. The fourth-order valence-electron chi connectivity index (χ4n) is 6.64. The number of ketones is 1. The smallest absolute Gasteiger partial charge is 0.174 e. The predicted octanol–water partition coefficient (Wildman–Crippen LogP) is 2.72. The number of carbonyl (C=O) groups is 1. The Balaban J connectivity index is 1.72. The van der Waals surface area contributed by atoms with Gasteiger partial charge in [-0.3, -0.25) is 4.79 Å². The second-order valence-corrected chi connectivity index (χ2v) is 8.99. The normalized spacial score (nSPS) is 34.5. The van der Waals surface area contributed by atoms with E-state index in [1.54, 1.807) is 7.11 Å². The monoisotopic (exact) mass is 391 g/mol. The van der Waals surface area contributed by atoms with E-state index >= 15 is 0 Å². The first-order valence-electron chi connectivity index (χ1n) is 10.4. The minimum Gasteiger partial charge on any atom is -0.493 e. The summed E-state index contributed by atoms with van der Waals surface area (Å²) in [5.74, 6) is 1.42. The molecule has 2 aliphatic carbocycles. The summed E-state index contributed by atoms with van der Waals surface area (Å²) in [7, 11) is 3.73. The lowest BCUT2D eigenvalue weighted by molar-refractivity contribution is -0.185. The predicted molar refractivity (Wildman–Crippen MR) is 108 cm³/mol. The molecule has 1 spiro atoms. The molecule has 6 rings (SSSR count). The standard InChI is InChI=1S/C24H25NO4/c1-25-11-10-23-20-16-13-19(25)24(23,27)9-8-17(26)22(23)29-21(20)18(28-2)12-15(16)14-6-4-3-5-7-14/h3-7,12,19,22,27H,8-11,13H2,1-2H3/t19-,22+,23+,24-/m1/s1. The summed E-state index contributed by atoms with van der Waals surface area (Å²) in [5.41, 5.74) is 2.82. The van der Waals surface area contributed by atoms with Crippen molar-refractivity contribution in [3.63, 3.8) is 0 Å². The fourth-order valence-corrected chi connectivity index (χ4v) is 6.64. The van der Waals surface area contributed by atoms with Crippen molar-refractivity contribution in [2.24, 2.45) is 0 Å². The van der Waals surface area contributed by atoms with Gasteiger partial charge in [-0.05, 0) is 55.6 Å². The average molecular weight is 391 g/mol. The van der Waals surface area contributed by atoms with Crippen molar-refractivity contribution in [3.05, 3.63) is 47.5 Å². The lowest BCUT2D eigenvalue weighted by Crippen LogP contribution is -2.76. The van der Waals surface area contributed by atoms with E-state index in [0.29, 0.717) is 30.8 Å². The number of hydrogen-bond acceptors (Lipinski definition) is 5. The molecule has 2 aromatic rings. The Hall–Kier alpha value is -2.37. The molecule has 4 atom stereocenters. The summed E-state index contributed by atoms with van der Waals surface area (Å²) in [6.45, 7) is 0.844. The Morgan fingerprint density at radius 2 is 2.03 bits per heavy atom. The molecule has 2 heterocycles. The van der Waals surface area contributed by atoms with Crippen LogP contribution in [0.4, 0.5) is 0 Å². The molecule has 0 aromatic heterocycles. The molecule has 5 heteroatoms. The van der Waals surface area contributed by atoms with Crippen LogP contribution in [0.2, 0.25) is 0 Å². The number of likely N-dealkylation sites (tertiary alicyclic amines) is 1. The summed E-state index contributed by atoms with van der Waals surface area (Å²) < 4.78 is 12.1. The number of methoxy groups -OCH3 is 1. The third kappa shape index (κ3) is 1.91. The van der Waals surface area contributed by atoms with Gasteiger partial charge >= 0.3 is 0 Å². The molecule has 2 aliphatic heterocycles. The largest absolute Gasteiger partial charge is 0.493 e. The zero-order valence-corrected chi connectivity index (χ0v) is 16.8. The first kappa shape index (κ1) is 17.5. The Labute approximate surface area is 170 Å². The number of piperidine rings is 1. The van der Waals surface area contributed by atoms with Gasteiger partial charge in [-0.15, -0.1) is 0 Å². The highest BCUT2D eigenvalue weighted by atomic mass is 16.5. The molecular formula is C24H25NO4. The topological polar surface area (TPSA) is 59.0 Å². The van der Waals surface area contributed by atoms with Gasteiger partial charge < -0.3 is 19.5 Å². The van der Waals surface area contributed by atoms with Crippen LogP contribution < -0.4 is 9.47 Å². The van der Waals surface area contributed by atoms with Crippen LogP contribution in [0.1, 0.15) is 30.4 Å². The van der Waals surface area contributed by atoms with Crippen LogP contribution in [-0.4, -0.2) is 54.2 Å². The summed E-state index contributed by atoms with van der Waals surface area (Å²) in [6, 6.07) is 12.3. The van der Waals surface area contributed by atoms with Gasteiger partial charge in [0.25, 0.3) is 0 Å². The van der Waals surface area contributed by atoms with Gasteiger partial charge in [-0.1, -0.05) is 30.3 Å². The summed E-state index contributed by atoms with van der Waals surface area (Å²) in [4.78, 5) is 15.3. The van der Waals surface area contributed by atoms with Crippen molar-refractivity contribution in [2.75, 3.05) is 20.7 Å². The fraction of sp³-hybridized carbons (Fsp3) is 0.458. The zero-order valence-electron chi connectivity index (χ0n) is 16.8. The summed E-state index contributed by atoms with van der Waals surface area (Å²) >= 11 is 0. The van der Waals surface area contributed by atoms with Gasteiger partial charge in [0.1, 0.15) is 0 Å². The van der Waals surface area contributed by atoms with E-state index in [9.17, 15) is 9.90 Å². The Morgan fingerprint density at radius 3 is 2.79 bits per heavy atom. The number of aliphatic hydroxyl groups is 1. The quantitative estimate of drug-likeness (QED) is 0.853. The molecule has 4 aliphatic rings. The number of hydrogen-bond donors (Lipinski definition) is 1. The lowest BCUT2D eigenvalue weighted by atomic mass is 9.48. The minimum absolute atomic E-state index is 0.0234.